The summed E-state index contributed by atoms with van der Waals surface area (Å²) in [6.07, 6.45) is 3.49. The van der Waals surface area contributed by atoms with E-state index in [0.29, 0.717) is 18.7 Å². The van der Waals surface area contributed by atoms with Gasteiger partial charge in [0, 0.05) is 30.1 Å². The molecule has 0 spiro atoms. The van der Waals surface area contributed by atoms with Gasteiger partial charge in [0.2, 0.25) is 0 Å². The Labute approximate surface area is 161 Å². The Morgan fingerprint density at radius 3 is 2.42 bits per heavy atom. The predicted molar refractivity (Wildman–Crippen MR) is 100 cm³/mol. The first-order valence-corrected chi connectivity index (χ1v) is 8.58. The molecule has 0 atom stereocenters. The summed E-state index contributed by atoms with van der Waals surface area (Å²) in [5, 5.41) is 3.17. The van der Waals surface area contributed by atoms with Crippen molar-refractivity contribution in [3.63, 3.8) is 0 Å². The van der Waals surface area contributed by atoms with Crippen LogP contribution in [0.15, 0.2) is 60.9 Å². The van der Waals surface area contributed by atoms with Gasteiger partial charge < -0.3 is 10.1 Å². The Bertz CT molecular complexity index is 867. The van der Waals surface area contributed by atoms with Gasteiger partial charge in [-0.2, -0.15) is 0 Å². The van der Waals surface area contributed by atoms with Crippen LogP contribution in [0.25, 0.3) is 0 Å². The molecule has 7 heteroatoms. The number of hydrogen-bond donors (Lipinski definition) is 1. The lowest BCUT2D eigenvalue weighted by molar-refractivity contribution is 0.0951. The molecular weight excluding hydrogens is 373 g/mol. The van der Waals surface area contributed by atoms with Crippen LogP contribution in [-0.2, 0) is 13.2 Å². The molecule has 1 N–H and O–H groups in total. The molecule has 26 heavy (non-hydrogen) atoms. The minimum absolute atomic E-state index is 0.178. The fourth-order valence-electron chi connectivity index (χ4n) is 2.23. The lowest BCUT2D eigenvalue weighted by atomic mass is 10.2. The zero-order valence-corrected chi connectivity index (χ0v) is 15.2. The van der Waals surface area contributed by atoms with Gasteiger partial charge in [0.25, 0.3) is 5.91 Å². The average molecular weight is 388 g/mol. The summed E-state index contributed by atoms with van der Waals surface area (Å²) in [6.45, 7) is 0.826. The smallest absolute Gasteiger partial charge is 0.251 e. The van der Waals surface area contributed by atoms with Crippen molar-refractivity contribution in [3.05, 3.63) is 87.9 Å². The van der Waals surface area contributed by atoms with Crippen LogP contribution in [0.1, 0.15) is 21.5 Å². The number of aromatic nitrogens is 2. The van der Waals surface area contributed by atoms with E-state index >= 15 is 0 Å². The molecule has 0 aliphatic rings. The van der Waals surface area contributed by atoms with Crippen molar-refractivity contribution >= 4 is 29.1 Å². The van der Waals surface area contributed by atoms with E-state index < -0.39 is 0 Å². The highest BCUT2D eigenvalue weighted by Gasteiger charge is 2.08. The van der Waals surface area contributed by atoms with Gasteiger partial charge in [-0.05, 0) is 35.9 Å². The molecule has 2 heterocycles. The van der Waals surface area contributed by atoms with Crippen molar-refractivity contribution in [2.75, 3.05) is 0 Å². The summed E-state index contributed by atoms with van der Waals surface area (Å²) in [7, 11) is 0. The fourth-order valence-corrected chi connectivity index (χ4v) is 2.69. The van der Waals surface area contributed by atoms with Gasteiger partial charge in [0.1, 0.15) is 22.7 Å². The number of nitrogens with zero attached hydrogens (tertiary/aromatic N) is 2. The number of rotatable bonds is 6. The second kappa shape index (κ2) is 8.65. The van der Waals surface area contributed by atoms with Crippen molar-refractivity contribution < 1.29 is 9.53 Å². The van der Waals surface area contributed by atoms with Crippen molar-refractivity contribution in [3.8, 4) is 5.75 Å². The lowest BCUT2D eigenvalue weighted by Crippen LogP contribution is -2.22. The monoisotopic (exact) mass is 387 g/mol. The highest BCUT2D eigenvalue weighted by atomic mass is 35.5. The molecule has 0 radical (unpaired) electrons. The quantitative estimate of drug-likeness (QED) is 0.640. The molecule has 5 nitrogen and oxygen atoms in total. The number of carbonyl (C=O) groups excluding carboxylic acids is 1. The number of ether oxygens (including phenoxy) is 1. The van der Waals surface area contributed by atoms with Gasteiger partial charge in [-0.25, -0.2) is 4.98 Å². The number of pyridine rings is 2. The minimum Gasteiger partial charge on any atom is -0.489 e. The third-order valence-corrected chi connectivity index (χ3v) is 3.92. The highest BCUT2D eigenvalue weighted by Crippen LogP contribution is 2.16. The van der Waals surface area contributed by atoms with E-state index in [4.69, 9.17) is 27.9 Å². The van der Waals surface area contributed by atoms with Gasteiger partial charge in [0.15, 0.2) is 0 Å². The van der Waals surface area contributed by atoms with Crippen molar-refractivity contribution in [1.82, 2.24) is 15.3 Å². The summed E-state index contributed by atoms with van der Waals surface area (Å²) in [5.41, 5.74) is 2.31. The zero-order chi connectivity index (χ0) is 18.4. The van der Waals surface area contributed by atoms with Gasteiger partial charge in [0.05, 0.1) is 0 Å². The van der Waals surface area contributed by atoms with E-state index in [0.717, 1.165) is 16.9 Å². The number of nitrogens with one attached hydrogen (secondary N) is 1. The maximum Gasteiger partial charge on any atom is 0.251 e. The Hall–Kier alpha value is -2.63. The molecule has 0 saturated carbocycles. The third kappa shape index (κ3) is 5.18. The normalized spacial score (nSPS) is 10.4. The maximum absolute atomic E-state index is 12.2. The molecule has 0 unspecified atom stereocenters. The number of halogens is 2. The Kier molecular flexibility index (Phi) is 6.04. The van der Waals surface area contributed by atoms with Crippen LogP contribution in [0, 0.1) is 0 Å². The molecule has 1 amide bonds. The van der Waals surface area contributed by atoms with Crippen LogP contribution in [0.5, 0.6) is 5.75 Å². The Morgan fingerprint density at radius 2 is 1.77 bits per heavy atom. The molecule has 0 aliphatic carbocycles. The van der Waals surface area contributed by atoms with Crippen LogP contribution in [0.3, 0.4) is 0 Å². The van der Waals surface area contributed by atoms with Crippen LogP contribution in [0.4, 0.5) is 0 Å². The van der Waals surface area contributed by atoms with Gasteiger partial charge in [-0.15, -0.1) is 0 Å². The minimum atomic E-state index is -0.270. The summed E-state index contributed by atoms with van der Waals surface area (Å²) in [5.74, 6) is 0.477. The van der Waals surface area contributed by atoms with E-state index in [1.165, 1.54) is 12.1 Å². The van der Waals surface area contributed by atoms with E-state index in [9.17, 15) is 4.79 Å². The number of carbonyl (C=O) groups is 1. The van der Waals surface area contributed by atoms with E-state index in [1.807, 2.05) is 36.4 Å². The standard InChI is InChI=1S/C19H15Cl2N3O2/c20-17-8-15(9-18(21)24-17)19(25)23-11-13-3-5-16(6-4-13)26-12-14-2-1-7-22-10-14/h1-10H,11-12H2,(H,23,25). The van der Waals surface area contributed by atoms with Crippen LogP contribution >= 0.6 is 23.2 Å². The van der Waals surface area contributed by atoms with Gasteiger partial charge in [-0.3, -0.25) is 9.78 Å². The fraction of sp³-hybridized carbons (Fsp3) is 0.105. The van der Waals surface area contributed by atoms with E-state index in [2.05, 4.69) is 15.3 Å². The average Bonchev–Trinajstić information content (AvgIpc) is 2.65. The van der Waals surface area contributed by atoms with Crippen molar-refractivity contribution in [2.45, 2.75) is 13.2 Å². The maximum atomic E-state index is 12.2. The predicted octanol–water partition coefficient (Wildman–Crippen LogP) is 4.29. The number of hydrogen-bond acceptors (Lipinski definition) is 4. The van der Waals surface area contributed by atoms with Crippen LogP contribution in [0.2, 0.25) is 10.3 Å². The van der Waals surface area contributed by atoms with Crippen LogP contribution in [-0.4, -0.2) is 15.9 Å². The topological polar surface area (TPSA) is 64.1 Å². The lowest BCUT2D eigenvalue weighted by Gasteiger charge is -2.08. The summed E-state index contributed by atoms with van der Waals surface area (Å²) in [6, 6.07) is 14.3. The molecule has 0 bridgehead atoms. The van der Waals surface area contributed by atoms with E-state index in [-0.39, 0.29) is 16.2 Å². The van der Waals surface area contributed by atoms with E-state index in [1.54, 1.807) is 12.4 Å². The Balaban J connectivity index is 1.53. The molecule has 0 saturated heterocycles. The SMILES string of the molecule is O=C(NCc1ccc(OCc2cccnc2)cc1)c1cc(Cl)nc(Cl)c1. The first kappa shape index (κ1) is 18.2. The third-order valence-electron chi connectivity index (χ3n) is 3.53. The van der Waals surface area contributed by atoms with Gasteiger partial charge in [-0.1, -0.05) is 41.4 Å². The molecule has 3 aromatic rings. The molecule has 1 aromatic carbocycles. The summed E-state index contributed by atoms with van der Waals surface area (Å²) in [4.78, 5) is 20.0. The van der Waals surface area contributed by atoms with Crippen molar-refractivity contribution in [1.29, 1.82) is 0 Å². The first-order chi connectivity index (χ1) is 12.6. The second-order valence-electron chi connectivity index (χ2n) is 5.48. The van der Waals surface area contributed by atoms with Gasteiger partial charge >= 0.3 is 0 Å². The zero-order valence-electron chi connectivity index (χ0n) is 13.7. The molecule has 2 aromatic heterocycles. The molecule has 0 aliphatic heterocycles. The van der Waals surface area contributed by atoms with Crippen molar-refractivity contribution in [2.24, 2.45) is 0 Å². The first-order valence-electron chi connectivity index (χ1n) is 7.82. The van der Waals surface area contributed by atoms with Crippen LogP contribution < -0.4 is 10.1 Å². The number of benzene rings is 1. The summed E-state index contributed by atoms with van der Waals surface area (Å²) >= 11 is 11.6. The largest absolute Gasteiger partial charge is 0.489 e. The molecular formula is C19H15Cl2N3O2. The summed E-state index contributed by atoms with van der Waals surface area (Å²) < 4.78 is 5.70. The number of amides is 1. The highest BCUT2D eigenvalue weighted by molar-refractivity contribution is 6.33. The molecule has 132 valence electrons. The molecule has 3 rings (SSSR count). The second-order valence-corrected chi connectivity index (χ2v) is 6.25. The Morgan fingerprint density at radius 1 is 1.04 bits per heavy atom. The molecule has 0 fully saturated rings.